The molecule has 7 nitrogen and oxygen atoms in total. The Morgan fingerprint density at radius 3 is 2.65 bits per heavy atom. The predicted molar refractivity (Wildman–Crippen MR) is 72.4 cm³/mol. The van der Waals surface area contributed by atoms with Crippen molar-refractivity contribution in [1.29, 1.82) is 0 Å². The van der Waals surface area contributed by atoms with Gasteiger partial charge in [-0.25, -0.2) is 4.79 Å². The van der Waals surface area contributed by atoms with E-state index in [1.165, 1.54) is 0 Å². The molecule has 1 aliphatic rings. The normalized spacial score (nSPS) is 24.9. The molecule has 20 heavy (non-hydrogen) atoms. The number of hydrogen-bond acceptors (Lipinski definition) is 5. The number of aliphatic carboxylic acids is 1. The predicted octanol–water partition coefficient (Wildman–Crippen LogP) is 0.279. The molecular weight excluding hydrogens is 264 g/mol. The number of carboxylic acid groups (broad SMARTS) is 1. The number of rotatable bonds is 6. The summed E-state index contributed by atoms with van der Waals surface area (Å²) in [5.41, 5.74) is 0. The van der Waals surface area contributed by atoms with Gasteiger partial charge in [0.05, 0.1) is 19.3 Å². The van der Waals surface area contributed by atoms with Crippen LogP contribution in [-0.2, 0) is 9.53 Å². The van der Waals surface area contributed by atoms with Gasteiger partial charge < -0.3 is 20.3 Å². The average Bonchev–Trinajstić information content (AvgIpc) is 2.36. The van der Waals surface area contributed by atoms with E-state index in [1.54, 1.807) is 11.8 Å². The van der Waals surface area contributed by atoms with Crippen molar-refractivity contribution in [3.63, 3.8) is 0 Å². The molecule has 1 saturated heterocycles. The van der Waals surface area contributed by atoms with Crippen LogP contribution in [0.15, 0.2) is 0 Å². The van der Waals surface area contributed by atoms with E-state index in [0.717, 1.165) is 0 Å². The van der Waals surface area contributed by atoms with Gasteiger partial charge in [0.15, 0.2) is 0 Å². The van der Waals surface area contributed by atoms with E-state index < -0.39 is 18.2 Å². The molecule has 0 radical (unpaired) electrons. The van der Waals surface area contributed by atoms with E-state index in [0.29, 0.717) is 32.5 Å². The average molecular weight is 288 g/mol. The van der Waals surface area contributed by atoms with Crippen LogP contribution in [0, 0.1) is 5.92 Å². The van der Waals surface area contributed by atoms with Crippen LogP contribution < -0.4 is 5.32 Å². The monoisotopic (exact) mass is 288 g/mol. The van der Waals surface area contributed by atoms with Crippen molar-refractivity contribution in [2.45, 2.75) is 38.8 Å². The van der Waals surface area contributed by atoms with E-state index >= 15 is 0 Å². The third-order valence-electron chi connectivity index (χ3n) is 3.48. The van der Waals surface area contributed by atoms with E-state index in [1.807, 2.05) is 6.92 Å². The molecule has 0 spiro atoms. The van der Waals surface area contributed by atoms with E-state index in [4.69, 9.17) is 9.84 Å². The summed E-state index contributed by atoms with van der Waals surface area (Å²) >= 11 is 0. The second-order valence-electron chi connectivity index (χ2n) is 5.12. The number of aliphatic hydroxyl groups is 1. The Morgan fingerprint density at radius 1 is 1.40 bits per heavy atom. The summed E-state index contributed by atoms with van der Waals surface area (Å²) in [4.78, 5) is 24.0. The number of carbonyl (C=O) groups is 2. The topological polar surface area (TPSA) is 99.1 Å². The van der Waals surface area contributed by atoms with Crippen molar-refractivity contribution in [3.8, 4) is 0 Å². The summed E-state index contributed by atoms with van der Waals surface area (Å²) in [6.45, 7) is 4.79. The Hall–Kier alpha value is -1.34. The molecule has 7 heteroatoms. The first-order valence-electron chi connectivity index (χ1n) is 7.01. The van der Waals surface area contributed by atoms with E-state index in [2.05, 4.69) is 5.32 Å². The largest absolute Gasteiger partial charge is 0.480 e. The van der Waals surface area contributed by atoms with Gasteiger partial charge in [-0.3, -0.25) is 9.69 Å². The minimum atomic E-state index is -0.911. The lowest BCUT2D eigenvalue weighted by molar-refractivity contribution is -0.139. The third-order valence-corrected chi connectivity index (χ3v) is 3.48. The highest BCUT2D eigenvalue weighted by molar-refractivity contribution is 5.69. The molecular formula is C13H24N2O5. The fourth-order valence-corrected chi connectivity index (χ4v) is 2.61. The molecule has 0 saturated carbocycles. The highest BCUT2D eigenvalue weighted by Crippen LogP contribution is 2.22. The van der Waals surface area contributed by atoms with Crippen LogP contribution in [0.5, 0.6) is 0 Å². The molecule has 1 heterocycles. The van der Waals surface area contributed by atoms with Crippen molar-refractivity contribution in [2.75, 3.05) is 26.2 Å². The number of carboxylic acids is 1. The summed E-state index contributed by atoms with van der Waals surface area (Å²) in [6.07, 6.45) is 0.249. The molecule has 1 amide bonds. The first kappa shape index (κ1) is 16.7. The van der Waals surface area contributed by atoms with E-state index in [9.17, 15) is 14.7 Å². The van der Waals surface area contributed by atoms with Gasteiger partial charge in [-0.05, 0) is 25.7 Å². The zero-order valence-electron chi connectivity index (χ0n) is 12.0. The van der Waals surface area contributed by atoms with Gasteiger partial charge >= 0.3 is 12.1 Å². The van der Waals surface area contributed by atoms with Crippen molar-refractivity contribution in [2.24, 2.45) is 5.92 Å². The highest BCUT2D eigenvalue weighted by atomic mass is 16.5. The molecule has 116 valence electrons. The smallest absolute Gasteiger partial charge is 0.407 e. The Morgan fingerprint density at radius 2 is 2.10 bits per heavy atom. The van der Waals surface area contributed by atoms with Gasteiger partial charge in [0.25, 0.3) is 0 Å². The number of aliphatic hydroxyl groups excluding tert-OH is 1. The SMILES string of the molecule is CCOC(=O)NC1CC(C(O)CC)CN(CC(=O)O)C1. The lowest BCUT2D eigenvalue weighted by atomic mass is 9.88. The van der Waals surface area contributed by atoms with Crippen LogP contribution in [0.25, 0.3) is 0 Å². The lowest BCUT2D eigenvalue weighted by Crippen LogP contribution is -2.54. The number of piperidine rings is 1. The molecule has 3 unspecified atom stereocenters. The van der Waals surface area contributed by atoms with Gasteiger partial charge in [0.1, 0.15) is 0 Å². The van der Waals surface area contributed by atoms with Crippen LogP contribution >= 0.6 is 0 Å². The number of nitrogens with one attached hydrogen (secondary N) is 1. The van der Waals surface area contributed by atoms with Crippen molar-refractivity contribution < 1.29 is 24.5 Å². The Kier molecular flexibility index (Phi) is 6.74. The summed E-state index contributed by atoms with van der Waals surface area (Å²) in [5.74, 6) is -0.952. The van der Waals surface area contributed by atoms with Crippen LogP contribution in [0.4, 0.5) is 4.79 Å². The maximum absolute atomic E-state index is 11.5. The summed E-state index contributed by atoms with van der Waals surface area (Å²) < 4.78 is 4.84. The molecule has 0 aromatic carbocycles. The zero-order valence-corrected chi connectivity index (χ0v) is 12.0. The van der Waals surface area contributed by atoms with E-state index in [-0.39, 0.29) is 18.5 Å². The minimum absolute atomic E-state index is 0.0416. The van der Waals surface area contributed by atoms with Gasteiger partial charge in [0, 0.05) is 19.1 Å². The molecule has 3 atom stereocenters. The van der Waals surface area contributed by atoms with Crippen LogP contribution in [0.1, 0.15) is 26.7 Å². The maximum Gasteiger partial charge on any atom is 0.407 e. The summed E-state index contributed by atoms with van der Waals surface area (Å²) in [6, 6.07) is -0.201. The summed E-state index contributed by atoms with van der Waals surface area (Å²) in [7, 11) is 0. The fraction of sp³-hybridized carbons (Fsp3) is 0.846. The first-order chi connectivity index (χ1) is 9.46. The first-order valence-corrected chi connectivity index (χ1v) is 7.01. The molecule has 1 fully saturated rings. The van der Waals surface area contributed by atoms with Gasteiger partial charge in [-0.2, -0.15) is 0 Å². The number of carbonyl (C=O) groups excluding carboxylic acids is 1. The highest BCUT2D eigenvalue weighted by Gasteiger charge is 2.32. The quantitative estimate of drug-likeness (QED) is 0.649. The van der Waals surface area contributed by atoms with Crippen molar-refractivity contribution in [1.82, 2.24) is 10.2 Å². The van der Waals surface area contributed by atoms with Gasteiger partial charge in [-0.1, -0.05) is 6.92 Å². The third kappa shape index (κ3) is 5.34. The minimum Gasteiger partial charge on any atom is -0.480 e. The standard InChI is InChI=1S/C13H24N2O5/c1-3-11(16)9-5-10(14-13(19)20-4-2)7-15(6-9)8-12(17)18/h9-11,16H,3-8H2,1-2H3,(H,14,19)(H,17,18). The van der Waals surface area contributed by atoms with Crippen molar-refractivity contribution in [3.05, 3.63) is 0 Å². The second-order valence-corrected chi connectivity index (χ2v) is 5.12. The zero-order chi connectivity index (χ0) is 15.1. The Balaban J connectivity index is 2.63. The number of nitrogens with zero attached hydrogens (tertiary/aromatic N) is 1. The van der Waals surface area contributed by atoms with Gasteiger partial charge in [0.2, 0.25) is 0 Å². The molecule has 3 N–H and O–H groups in total. The molecule has 1 aliphatic heterocycles. The molecule has 0 aliphatic carbocycles. The van der Waals surface area contributed by atoms with Gasteiger partial charge in [-0.15, -0.1) is 0 Å². The Bertz CT molecular complexity index is 337. The second kappa shape index (κ2) is 8.06. The number of amides is 1. The summed E-state index contributed by atoms with van der Waals surface area (Å²) in [5, 5.41) is 21.6. The lowest BCUT2D eigenvalue weighted by Gasteiger charge is -2.38. The number of ether oxygens (including phenoxy) is 1. The Labute approximate surface area is 118 Å². The molecule has 0 bridgehead atoms. The molecule has 0 aromatic heterocycles. The van der Waals surface area contributed by atoms with Crippen LogP contribution in [0.3, 0.4) is 0 Å². The van der Waals surface area contributed by atoms with Crippen molar-refractivity contribution >= 4 is 12.1 Å². The van der Waals surface area contributed by atoms with Crippen LogP contribution in [-0.4, -0.2) is 65.6 Å². The van der Waals surface area contributed by atoms with Crippen LogP contribution in [0.2, 0.25) is 0 Å². The molecule has 1 rings (SSSR count). The molecule has 0 aromatic rings. The number of alkyl carbamates (subject to hydrolysis) is 1. The maximum atomic E-state index is 11.5. The number of hydrogen-bond donors (Lipinski definition) is 3. The fourth-order valence-electron chi connectivity index (χ4n) is 2.61. The number of likely N-dealkylation sites (tertiary alicyclic amines) is 1.